The van der Waals surface area contributed by atoms with Gasteiger partial charge in [0.25, 0.3) is 0 Å². The van der Waals surface area contributed by atoms with E-state index in [2.05, 4.69) is 15.6 Å². The number of nitrogens with zero attached hydrogens (tertiary/aromatic N) is 2. The van der Waals surface area contributed by atoms with Crippen molar-refractivity contribution in [3.8, 4) is 0 Å². The molecule has 0 aromatic carbocycles. The Kier molecular flexibility index (Phi) is 4.76. The maximum atomic E-state index is 12.1. The molecule has 1 aromatic rings. The zero-order valence-electron chi connectivity index (χ0n) is 13.1. The van der Waals surface area contributed by atoms with Gasteiger partial charge in [-0.05, 0) is 30.9 Å². The summed E-state index contributed by atoms with van der Waals surface area (Å²) < 4.78 is 0. The van der Waals surface area contributed by atoms with Crippen LogP contribution in [0.15, 0.2) is 18.3 Å². The van der Waals surface area contributed by atoms with Gasteiger partial charge >= 0.3 is 0 Å². The third kappa shape index (κ3) is 3.98. The normalized spacial score (nSPS) is 24.4. The summed E-state index contributed by atoms with van der Waals surface area (Å²) in [6, 6.07) is 3.79. The van der Waals surface area contributed by atoms with E-state index in [9.17, 15) is 9.59 Å². The second kappa shape index (κ2) is 6.95. The van der Waals surface area contributed by atoms with E-state index in [1.54, 1.807) is 6.20 Å². The zero-order chi connectivity index (χ0) is 16.2. The highest BCUT2D eigenvalue weighted by Crippen LogP contribution is 2.27. The minimum absolute atomic E-state index is 0.00308. The highest BCUT2D eigenvalue weighted by Gasteiger charge is 2.26. The van der Waals surface area contributed by atoms with Crippen LogP contribution in [0.2, 0.25) is 0 Å². The first-order valence-electron chi connectivity index (χ1n) is 8.15. The van der Waals surface area contributed by atoms with Crippen LogP contribution in [0.3, 0.4) is 0 Å². The Morgan fingerprint density at radius 3 is 2.96 bits per heavy atom. The van der Waals surface area contributed by atoms with Gasteiger partial charge in [0.15, 0.2) is 0 Å². The van der Waals surface area contributed by atoms with Crippen LogP contribution in [-0.2, 0) is 9.59 Å². The number of pyridine rings is 1. The van der Waals surface area contributed by atoms with Crippen molar-refractivity contribution < 1.29 is 9.59 Å². The molecule has 2 heterocycles. The van der Waals surface area contributed by atoms with Gasteiger partial charge < -0.3 is 21.3 Å². The third-order valence-corrected chi connectivity index (χ3v) is 4.56. The molecule has 0 radical (unpaired) electrons. The molecule has 1 saturated heterocycles. The van der Waals surface area contributed by atoms with E-state index in [4.69, 9.17) is 5.73 Å². The van der Waals surface area contributed by atoms with Crippen LogP contribution in [0.4, 0.5) is 11.5 Å². The van der Waals surface area contributed by atoms with Crippen molar-refractivity contribution in [2.45, 2.75) is 31.7 Å². The molecule has 7 nitrogen and oxygen atoms in total. The molecular formula is C16H23N5O2. The fourth-order valence-electron chi connectivity index (χ4n) is 3.25. The second-order valence-corrected chi connectivity index (χ2v) is 6.28. The third-order valence-electron chi connectivity index (χ3n) is 4.56. The molecular weight excluding hydrogens is 294 g/mol. The largest absolute Gasteiger partial charge is 0.353 e. The lowest BCUT2D eigenvalue weighted by atomic mass is 10.00. The highest BCUT2D eigenvalue weighted by atomic mass is 16.2. The molecule has 2 amide bonds. The molecule has 1 aliphatic heterocycles. The van der Waals surface area contributed by atoms with Gasteiger partial charge in [-0.25, -0.2) is 4.98 Å². The Morgan fingerprint density at radius 2 is 2.30 bits per heavy atom. The van der Waals surface area contributed by atoms with E-state index < -0.39 is 0 Å². The Hall–Kier alpha value is -2.15. The minimum Gasteiger partial charge on any atom is -0.353 e. The van der Waals surface area contributed by atoms with Crippen molar-refractivity contribution in [2.75, 3.05) is 29.9 Å². The van der Waals surface area contributed by atoms with E-state index >= 15 is 0 Å². The number of hydrogen-bond donors (Lipinski definition) is 3. The van der Waals surface area contributed by atoms with E-state index in [1.807, 2.05) is 17.0 Å². The lowest BCUT2D eigenvalue weighted by molar-refractivity contribution is -0.120. The summed E-state index contributed by atoms with van der Waals surface area (Å²) >= 11 is 0. The van der Waals surface area contributed by atoms with Crippen LogP contribution < -0.4 is 21.3 Å². The van der Waals surface area contributed by atoms with Crippen molar-refractivity contribution in [1.29, 1.82) is 0 Å². The molecule has 124 valence electrons. The van der Waals surface area contributed by atoms with E-state index in [-0.39, 0.29) is 23.8 Å². The average Bonchev–Trinajstić information content (AvgIpc) is 2.93. The predicted molar refractivity (Wildman–Crippen MR) is 88.0 cm³/mol. The van der Waals surface area contributed by atoms with E-state index in [0.29, 0.717) is 25.2 Å². The molecule has 2 fully saturated rings. The Labute approximate surface area is 135 Å². The van der Waals surface area contributed by atoms with Crippen LogP contribution in [0.1, 0.15) is 25.7 Å². The van der Waals surface area contributed by atoms with Gasteiger partial charge in [0.1, 0.15) is 5.82 Å². The standard InChI is InChI=1S/C16H23N5O2/c17-13-3-1-2-11(13)8-15(22)20-12-4-5-14(19-9-12)21-7-6-18-16(23)10-21/h4-5,9,11,13H,1-3,6-8,10,17H2,(H,18,23)(H,20,22)/t11-,13+/m0/s1. The number of rotatable bonds is 4. The van der Waals surface area contributed by atoms with Crippen LogP contribution in [0.25, 0.3) is 0 Å². The molecule has 0 unspecified atom stereocenters. The maximum Gasteiger partial charge on any atom is 0.239 e. The molecule has 2 aliphatic rings. The smallest absolute Gasteiger partial charge is 0.239 e. The number of anilines is 2. The second-order valence-electron chi connectivity index (χ2n) is 6.28. The van der Waals surface area contributed by atoms with Crippen molar-refractivity contribution >= 4 is 23.3 Å². The molecule has 0 spiro atoms. The molecule has 1 saturated carbocycles. The van der Waals surface area contributed by atoms with Gasteiger partial charge in [-0.2, -0.15) is 0 Å². The topological polar surface area (TPSA) is 100 Å². The number of aromatic nitrogens is 1. The number of piperazine rings is 1. The van der Waals surface area contributed by atoms with Crippen molar-refractivity contribution in [3.63, 3.8) is 0 Å². The van der Waals surface area contributed by atoms with Gasteiger partial charge in [-0.15, -0.1) is 0 Å². The lowest BCUT2D eigenvalue weighted by Gasteiger charge is -2.27. The van der Waals surface area contributed by atoms with Gasteiger partial charge in [0.2, 0.25) is 11.8 Å². The number of nitrogens with two attached hydrogens (primary N) is 1. The van der Waals surface area contributed by atoms with E-state index in [0.717, 1.165) is 31.6 Å². The fourth-order valence-corrected chi connectivity index (χ4v) is 3.25. The summed E-state index contributed by atoms with van der Waals surface area (Å²) in [5.41, 5.74) is 6.68. The minimum atomic E-state index is -0.0146. The average molecular weight is 317 g/mol. The monoisotopic (exact) mass is 317 g/mol. The number of carbonyl (C=O) groups excluding carboxylic acids is 2. The van der Waals surface area contributed by atoms with E-state index in [1.165, 1.54) is 0 Å². The van der Waals surface area contributed by atoms with Crippen LogP contribution in [0.5, 0.6) is 0 Å². The molecule has 4 N–H and O–H groups in total. The number of hydrogen-bond acceptors (Lipinski definition) is 5. The Balaban J connectivity index is 1.54. The molecule has 0 bridgehead atoms. The molecule has 1 aliphatic carbocycles. The van der Waals surface area contributed by atoms with Gasteiger partial charge in [-0.1, -0.05) is 6.42 Å². The van der Waals surface area contributed by atoms with Gasteiger partial charge in [0, 0.05) is 25.6 Å². The summed E-state index contributed by atoms with van der Waals surface area (Å²) in [6.07, 6.45) is 5.25. The quantitative estimate of drug-likeness (QED) is 0.750. The molecule has 1 aromatic heterocycles. The number of nitrogens with one attached hydrogen (secondary N) is 2. The van der Waals surface area contributed by atoms with Crippen molar-refractivity contribution in [2.24, 2.45) is 11.7 Å². The predicted octanol–water partition coefficient (Wildman–Crippen LogP) is 0.474. The molecule has 7 heteroatoms. The Morgan fingerprint density at radius 1 is 1.43 bits per heavy atom. The molecule has 3 rings (SSSR count). The zero-order valence-corrected chi connectivity index (χ0v) is 13.1. The van der Waals surface area contributed by atoms with Gasteiger partial charge in [-0.3, -0.25) is 9.59 Å². The fraction of sp³-hybridized carbons (Fsp3) is 0.562. The Bertz CT molecular complexity index is 574. The summed E-state index contributed by atoms with van der Waals surface area (Å²) in [5.74, 6) is 1.02. The lowest BCUT2D eigenvalue weighted by Crippen LogP contribution is -2.48. The first-order valence-corrected chi connectivity index (χ1v) is 8.15. The van der Waals surface area contributed by atoms with Crippen molar-refractivity contribution in [3.05, 3.63) is 18.3 Å². The number of amides is 2. The molecule has 23 heavy (non-hydrogen) atoms. The highest BCUT2D eigenvalue weighted by molar-refractivity contribution is 5.91. The van der Waals surface area contributed by atoms with Crippen LogP contribution >= 0.6 is 0 Å². The first kappa shape index (κ1) is 15.7. The summed E-state index contributed by atoms with van der Waals surface area (Å²) in [4.78, 5) is 29.8. The first-order chi connectivity index (χ1) is 11.1. The van der Waals surface area contributed by atoms with Crippen LogP contribution in [-0.4, -0.2) is 42.5 Å². The maximum absolute atomic E-state index is 12.1. The summed E-state index contributed by atoms with van der Waals surface area (Å²) in [6.45, 7) is 1.68. The SMILES string of the molecule is N[C@@H]1CCC[C@H]1CC(=O)Nc1ccc(N2CCNC(=O)C2)nc1. The number of carbonyl (C=O) groups is 2. The molecule has 2 atom stereocenters. The van der Waals surface area contributed by atoms with Crippen LogP contribution in [0, 0.1) is 5.92 Å². The summed E-state index contributed by atoms with van der Waals surface area (Å²) in [7, 11) is 0. The van der Waals surface area contributed by atoms with Crippen molar-refractivity contribution in [1.82, 2.24) is 10.3 Å². The summed E-state index contributed by atoms with van der Waals surface area (Å²) in [5, 5.41) is 5.65. The van der Waals surface area contributed by atoms with Gasteiger partial charge in [0.05, 0.1) is 18.4 Å².